The van der Waals surface area contributed by atoms with Crippen LogP contribution in [0.15, 0.2) is 54.4 Å². The fraction of sp³-hybridized carbons (Fsp3) is 0.0833. The Kier molecular flexibility index (Phi) is 2.83. The summed E-state index contributed by atoms with van der Waals surface area (Å²) in [5.74, 6) is -0.310. The van der Waals surface area contributed by atoms with Crippen LogP contribution in [0.1, 0.15) is 5.56 Å². The molecule has 1 heterocycles. The van der Waals surface area contributed by atoms with Crippen molar-refractivity contribution >= 4 is 5.97 Å². The molecule has 15 heavy (non-hydrogen) atoms. The monoisotopic (exact) mass is 201 g/mol. The molecule has 1 aliphatic heterocycles. The zero-order chi connectivity index (χ0) is 10.5. The maximum Gasteiger partial charge on any atom is 0.344 e. The third kappa shape index (κ3) is 2.47. The molecular weight excluding hydrogens is 190 g/mol. The smallest absolute Gasteiger partial charge is 0.344 e. The van der Waals surface area contributed by atoms with Crippen LogP contribution in [-0.2, 0) is 16.1 Å². The van der Waals surface area contributed by atoms with Crippen LogP contribution in [-0.4, -0.2) is 5.97 Å². The normalized spacial score (nSPS) is 16.8. The van der Waals surface area contributed by atoms with Crippen LogP contribution in [0.25, 0.3) is 0 Å². The van der Waals surface area contributed by atoms with E-state index in [9.17, 15) is 4.79 Å². The van der Waals surface area contributed by atoms with Crippen molar-refractivity contribution in [1.29, 1.82) is 0 Å². The van der Waals surface area contributed by atoms with Gasteiger partial charge in [-0.1, -0.05) is 30.3 Å². The topological polar surface area (TPSA) is 38.3 Å². The van der Waals surface area contributed by atoms with Crippen molar-refractivity contribution < 1.29 is 9.53 Å². The fourth-order valence-electron chi connectivity index (χ4n) is 1.29. The molecule has 0 radical (unpaired) electrons. The van der Waals surface area contributed by atoms with Crippen LogP contribution in [0.5, 0.6) is 0 Å². The van der Waals surface area contributed by atoms with E-state index in [1.807, 2.05) is 30.3 Å². The summed E-state index contributed by atoms with van der Waals surface area (Å²) in [5.41, 5.74) is 1.72. The predicted octanol–water partition coefficient (Wildman–Crippen LogP) is 1.73. The average Bonchev–Trinajstić information content (AvgIpc) is 2.66. The molecule has 0 aliphatic carbocycles. The second kappa shape index (κ2) is 4.46. The first-order valence-corrected chi connectivity index (χ1v) is 4.71. The van der Waals surface area contributed by atoms with Crippen LogP contribution in [0.4, 0.5) is 0 Å². The predicted molar refractivity (Wildman–Crippen MR) is 56.6 cm³/mol. The van der Waals surface area contributed by atoms with E-state index >= 15 is 0 Å². The molecule has 0 spiro atoms. The van der Waals surface area contributed by atoms with Crippen molar-refractivity contribution in [2.75, 3.05) is 0 Å². The maximum atomic E-state index is 11.0. The van der Waals surface area contributed by atoms with Crippen LogP contribution in [0.2, 0.25) is 0 Å². The van der Waals surface area contributed by atoms with E-state index in [1.54, 1.807) is 12.3 Å². The molecule has 2 rings (SSSR count). The third-order valence-corrected chi connectivity index (χ3v) is 2.06. The lowest BCUT2D eigenvalue weighted by Gasteiger charge is -2.00. The zero-order valence-corrected chi connectivity index (χ0v) is 8.14. The summed E-state index contributed by atoms with van der Waals surface area (Å²) in [7, 11) is 0. The number of ether oxygens (including phenoxy) is 1. The summed E-state index contributed by atoms with van der Waals surface area (Å²) >= 11 is 0. The molecule has 76 valence electrons. The van der Waals surface area contributed by atoms with Gasteiger partial charge in [0.15, 0.2) is 0 Å². The molecule has 0 saturated carbocycles. The number of carbonyl (C=O) groups excluding carboxylic acids is 1. The quantitative estimate of drug-likeness (QED) is 0.598. The minimum absolute atomic E-state index is 0.310. The standard InChI is InChI=1S/C12H11NO2/c14-12-11(6-7-15-12)9-13-8-10-4-2-1-3-5-10/h1-7,9,13H,8H2. The summed E-state index contributed by atoms with van der Waals surface area (Å²) in [6, 6.07) is 9.98. The van der Waals surface area contributed by atoms with Gasteiger partial charge in [-0.2, -0.15) is 0 Å². The first-order valence-electron chi connectivity index (χ1n) is 4.71. The van der Waals surface area contributed by atoms with Gasteiger partial charge in [0.2, 0.25) is 0 Å². The highest BCUT2D eigenvalue weighted by atomic mass is 16.5. The van der Waals surface area contributed by atoms with Gasteiger partial charge in [0, 0.05) is 12.7 Å². The SMILES string of the molecule is O=C1OC=CC1=CNCc1ccccc1. The van der Waals surface area contributed by atoms with Crippen molar-refractivity contribution in [3.63, 3.8) is 0 Å². The Hall–Kier alpha value is -2.03. The second-order valence-corrected chi connectivity index (χ2v) is 3.17. The fourth-order valence-corrected chi connectivity index (χ4v) is 1.29. The summed E-state index contributed by atoms with van der Waals surface area (Å²) in [6.45, 7) is 0.700. The summed E-state index contributed by atoms with van der Waals surface area (Å²) in [5, 5.41) is 3.06. The molecule has 1 aromatic carbocycles. The van der Waals surface area contributed by atoms with Crippen molar-refractivity contribution in [3.05, 3.63) is 60.0 Å². The van der Waals surface area contributed by atoms with Crippen LogP contribution in [0, 0.1) is 0 Å². The Morgan fingerprint density at radius 2 is 2.07 bits per heavy atom. The molecule has 0 atom stereocenters. The summed E-state index contributed by atoms with van der Waals surface area (Å²) in [6.07, 6.45) is 4.69. The molecule has 3 nitrogen and oxygen atoms in total. The number of hydrogen-bond acceptors (Lipinski definition) is 3. The summed E-state index contributed by atoms with van der Waals surface area (Å²) in [4.78, 5) is 11.0. The number of rotatable bonds is 3. The molecule has 0 bridgehead atoms. The van der Waals surface area contributed by atoms with Crippen molar-refractivity contribution in [2.45, 2.75) is 6.54 Å². The molecular formula is C12H11NO2. The van der Waals surface area contributed by atoms with Gasteiger partial charge < -0.3 is 10.1 Å². The zero-order valence-electron chi connectivity index (χ0n) is 8.14. The third-order valence-electron chi connectivity index (χ3n) is 2.06. The van der Waals surface area contributed by atoms with Crippen molar-refractivity contribution in [1.82, 2.24) is 5.32 Å². The largest absolute Gasteiger partial charge is 0.431 e. The minimum atomic E-state index is -0.310. The van der Waals surface area contributed by atoms with Crippen LogP contribution < -0.4 is 5.32 Å². The van der Waals surface area contributed by atoms with E-state index < -0.39 is 0 Å². The Morgan fingerprint density at radius 1 is 1.27 bits per heavy atom. The second-order valence-electron chi connectivity index (χ2n) is 3.17. The lowest BCUT2D eigenvalue weighted by Crippen LogP contribution is -2.07. The number of esters is 1. The van der Waals surface area contributed by atoms with E-state index in [0.29, 0.717) is 12.1 Å². The molecule has 0 unspecified atom stereocenters. The highest BCUT2D eigenvalue weighted by Gasteiger charge is 2.11. The lowest BCUT2D eigenvalue weighted by molar-refractivity contribution is -0.132. The number of benzene rings is 1. The van der Waals surface area contributed by atoms with Gasteiger partial charge in [0.05, 0.1) is 11.8 Å². The average molecular weight is 201 g/mol. The highest BCUT2D eigenvalue weighted by molar-refractivity contribution is 5.93. The minimum Gasteiger partial charge on any atom is -0.431 e. The first kappa shape index (κ1) is 9.52. The van der Waals surface area contributed by atoms with E-state index in [0.717, 1.165) is 0 Å². The lowest BCUT2D eigenvalue weighted by atomic mass is 10.2. The van der Waals surface area contributed by atoms with Gasteiger partial charge in [-0.05, 0) is 11.6 Å². The molecule has 1 aromatic rings. The molecule has 1 N–H and O–H groups in total. The Labute approximate surface area is 88.1 Å². The Balaban J connectivity index is 1.90. The number of carbonyl (C=O) groups is 1. The van der Waals surface area contributed by atoms with E-state index in [2.05, 4.69) is 10.1 Å². The van der Waals surface area contributed by atoms with E-state index in [-0.39, 0.29) is 5.97 Å². The number of hydrogen-bond donors (Lipinski definition) is 1. The molecule has 3 heteroatoms. The van der Waals surface area contributed by atoms with Gasteiger partial charge in [-0.25, -0.2) is 4.79 Å². The number of nitrogens with one attached hydrogen (secondary N) is 1. The Bertz CT molecular complexity index is 407. The van der Waals surface area contributed by atoms with E-state index in [4.69, 9.17) is 0 Å². The maximum absolute atomic E-state index is 11.0. The van der Waals surface area contributed by atoms with Crippen LogP contribution in [0.3, 0.4) is 0 Å². The van der Waals surface area contributed by atoms with Crippen molar-refractivity contribution in [3.8, 4) is 0 Å². The van der Waals surface area contributed by atoms with Crippen molar-refractivity contribution in [2.24, 2.45) is 0 Å². The molecule has 0 saturated heterocycles. The Morgan fingerprint density at radius 3 is 2.73 bits per heavy atom. The molecule has 0 fully saturated rings. The molecule has 0 amide bonds. The molecule has 1 aliphatic rings. The van der Waals surface area contributed by atoms with Gasteiger partial charge in [-0.3, -0.25) is 0 Å². The van der Waals surface area contributed by atoms with Gasteiger partial charge in [-0.15, -0.1) is 0 Å². The summed E-state index contributed by atoms with van der Waals surface area (Å²) < 4.78 is 4.64. The van der Waals surface area contributed by atoms with Crippen LogP contribution >= 0.6 is 0 Å². The highest BCUT2D eigenvalue weighted by Crippen LogP contribution is 2.07. The van der Waals surface area contributed by atoms with Gasteiger partial charge in [0.1, 0.15) is 0 Å². The molecule has 0 aromatic heterocycles. The van der Waals surface area contributed by atoms with Gasteiger partial charge in [0.25, 0.3) is 0 Å². The first-order chi connectivity index (χ1) is 7.36. The van der Waals surface area contributed by atoms with E-state index in [1.165, 1.54) is 11.8 Å². The van der Waals surface area contributed by atoms with Gasteiger partial charge >= 0.3 is 5.97 Å². The number of cyclic esters (lactones) is 1.